The predicted molar refractivity (Wildman–Crippen MR) is 63.6 cm³/mol. The summed E-state index contributed by atoms with van der Waals surface area (Å²) in [4.78, 5) is 16.1. The first-order chi connectivity index (χ1) is 7.80. The number of hydrogen-bond donors (Lipinski definition) is 2. The summed E-state index contributed by atoms with van der Waals surface area (Å²) in [5.74, 6) is -1.70. The second kappa shape index (κ2) is 5.00. The molecule has 0 aliphatic carbocycles. The first-order valence-corrected chi connectivity index (χ1v) is 6.31. The Hall–Kier alpha value is -1.83. The molecule has 2 N–H and O–H groups in total. The number of aromatic nitrogens is 1. The Morgan fingerprint density at radius 2 is 2.12 bits per heavy atom. The van der Waals surface area contributed by atoms with E-state index < -0.39 is 21.7 Å². The Morgan fingerprint density at radius 1 is 1.47 bits per heavy atom. The van der Waals surface area contributed by atoms with Crippen LogP contribution in [-0.2, 0) is 14.8 Å². The summed E-state index contributed by atoms with van der Waals surface area (Å²) in [5.41, 5.74) is 0.233. The second-order valence-corrected chi connectivity index (χ2v) is 5.28. The molecule has 0 saturated carbocycles. The predicted octanol–water partition coefficient (Wildman–Crippen LogP) is -0.0261. The van der Waals surface area contributed by atoms with Crippen molar-refractivity contribution in [3.05, 3.63) is 18.3 Å². The van der Waals surface area contributed by atoms with Crippen molar-refractivity contribution >= 4 is 27.5 Å². The van der Waals surface area contributed by atoms with Gasteiger partial charge in [-0.25, -0.2) is 13.4 Å². The van der Waals surface area contributed by atoms with E-state index in [1.165, 1.54) is 12.3 Å². The number of hydrogen-bond acceptors (Lipinski definition) is 5. The number of carboxylic acid groups (broad SMARTS) is 1. The minimum absolute atomic E-state index is 0.233. The molecule has 0 radical (unpaired) electrons. The zero-order valence-corrected chi connectivity index (χ0v) is 10.2. The first kappa shape index (κ1) is 13.2. The standard InChI is InChI=1S/C9H13N3O4S/c1-12(2)8-4-3-7(5-10-8)11-17(15,16)6-9(13)14/h3-5,11H,6H2,1-2H3,(H,13,14). The summed E-state index contributed by atoms with van der Waals surface area (Å²) in [6.45, 7) is 0. The fourth-order valence-corrected chi connectivity index (χ4v) is 1.97. The van der Waals surface area contributed by atoms with E-state index in [-0.39, 0.29) is 5.69 Å². The molecule has 0 fully saturated rings. The molecule has 0 spiro atoms. The van der Waals surface area contributed by atoms with Gasteiger partial charge in [-0.2, -0.15) is 0 Å². The molecule has 0 aromatic carbocycles. The van der Waals surface area contributed by atoms with Crippen LogP contribution < -0.4 is 9.62 Å². The highest BCUT2D eigenvalue weighted by Gasteiger charge is 2.15. The van der Waals surface area contributed by atoms with Gasteiger partial charge in [-0.15, -0.1) is 0 Å². The Labute approximate surface area is 99.1 Å². The van der Waals surface area contributed by atoms with Crippen molar-refractivity contribution in [2.75, 3.05) is 29.5 Å². The van der Waals surface area contributed by atoms with Gasteiger partial charge in [0, 0.05) is 14.1 Å². The number of pyridine rings is 1. The van der Waals surface area contributed by atoms with Crippen molar-refractivity contribution in [1.82, 2.24) is 4.98 Å². The monoisotopic (exact) mass is 259 g/mol. The van der Waals surface area contributed by atoms with Crippen LogP contribution in [0.15, 0.2) is 18.3 Å². The summed E-state index contributed by atoms with van der Waals surface area (Å²) < 4.78 is 24.7. The molecule has 1 aromatic heterocycles. The maximum absolute atomic E-state index is 11.3. The third-order valence-electron chi connectivity index (χ3n) is 1.79. The van der Waals surface area contributed by atoms with Crippen LogP contribution in [0.25, 0.3) is 0 Å². The molecule has 1 aromatic rings. The minimum Gasteiger partial charge on any atom is -0.480 e. The molecule has 94 valence electrons. The molecule has 0 aliphatic rings. The molecule has 7 nitrogen and oxygen atoms in total. The van der Waals surface area contributed by atoms with E-state index in [1.54, 1.807) is 25.1 Å². The maximum atomic E-state index is 11.3. The molecule has 1 rings (SSSR count). The van der Waals surface area contributed by atoms with Crippen molar-refractivity contribution < 1.29 is 18.3 Å². The smallest absolute Gasteiger partial charge is 0.320 e. The van der Waals surface area contributed by atoms with Crippen molar-refractivity contribution in [2.24, 2.45) is 0 Å². The summed E-state index contributed by atoms with van der Waals surface area (Å²) in [6.07, 6.45) is 1.33. The first-order valence-electron chi connectivity index (χ1n) is 4.66. The van der Waals surface area contributed by atoms with Gasteiger partial charge >= 0.3 is 5.97 Å². The summed E-state index contributed by atoms with van der Waals surface area (Å²) in [5, 5.41) is 8.40. The number of carbonyl (C=O) groups is 1. The molecule has 0 saturated heterocycles. The van der Waals surface area contributed by atoms with Gasteiger partial charge < -0.3 is 10.0 Å². The average molecular weight is 259 g/mol. The van der Waals surface area contributed by atoms with E-state index in [2.05, 4.69) is 9.71 Å². The largest absolute Gasteiger partial charge is 0.480 e. The van der Waals surface area contributed by atoms with Crippen LogP contribution in [0.3, 0.4) is 0 Å². The number of rotatable bonds is 5. The molecule has 0 atom stereocenters. The lowest BCUT2D eigenvalue weighted by atomic mass is 10.4. The van der Waals surface area contributed by atoms with Crippen LogP contribution >= 0.6 is 0 Å². The summed E-state index contributed by atoms with van der Waals surface area (Å²) in [7, 11) is -0.266. The Bertz CT molecular complexity index is 495. The van der Waals surface area contributed by atoms with Crippen molar-refractivity contribution in [3.63, 3.8) is 0 Å². The number of nitrogens with one attached hydrogen (secondary N) is 1. The van der Waals surface area contributed by atoms with Gasteiger partial charge in [0.05, 0.1) is 11.9 Å². The van der Waals surface area contributed by atoms with Gasteiger partial charge in [0.2, 0.25) is 10.0 Å². The summed E-state index contributed by atoms with van der Waals surface area (Å²) >= 11 is 0. The fraction of sp³-hybridized carbons (Fsp3) is 0.333. The lowest BCUT2D eigenvalue weighted by molar-refractivity contribution is -0.134. The fourth-order valence-electron chi connectivity index (χ4n) is 1.09. The van der Waals surface area contributed by atoms with Crippen molar-refractivity contribution in [3.8, 4) is 0 Å². The van der Waals surface area contributed by atoms with Crippen LogP contribution in [0.5, 0.6) is 0 Å². The molecule has 8 heteroatoms. The topological polar surface area (TPSA) is 99.6 Å². The quantitative estimate of drug-likeness (QED) is 0.770. The van der Waals surface area contributed by atoms with Crippen LogP contribution in [-0.4, -0.2) is 44.3 Å². The van der Waals surface area contributed by atoms with E-state index in [4.69, 9.17) is 5.11 Å². The van der Waals surface area contributed by atoms with Gasteiger partial charge in [-0.3, -0.25) is 9.52 Å². The number of anilines is 2. The average Bonchev–Trinajstić information content (AvgIpc) is 2.15. The van der Waals surface area contributed by atoms with E-state index in [9.17, 15) is 13.2 Å². The number of nitrogens with zero attached hydrogens (tertiary/aromatic N) is 2. The zero-order chi connectivity index (χ0) is 13.1. The Kier molecular flexibility index (Phi) is 3.89. The zero-order valence-electron chi connectivity index (χ0n) is 9.41. The van der Waals surface area contributed by atoms with Crippen molar-refractivity contribution in [1.29, 1.82) is 0 Å². The minimum atomic E-state index is -3.87. The van der Waals surface area contributed by atoms with Gasteiger partial charge in [0.1, 0.15) is 5.82 Å². The van der Waals surface area contributed by atoms with Gasteiger partial charge in [-0.05, 0) is 12.1 Å². The molecule has 17 heavy (non-hydrogen) atoms. The Balaban J connectivity index is 2.79. The molecule has 0 aliphatic heterocycles. The lowest BCUT2D eigenvalue weighted by Crippen LogP contribution is -2.22. The Morgan fingerprint density at radius 3 is 2.53 bits per heavy atom. The van der Waals surface area contributed by atoms with E-state index in [0.29, 0.717) is 5.82 Å². The van der Waals surface area contributed by atoms with Crippen LogP contribution in [0.1, 0.15) is 0 Å². The molecular weight excluding hydrogens is 246 g/mol. The summed E-state index contributed by atoms with van der Waals surface area (Å²) in [6, 6.07) is 3.14. The van der Waals surface area contributed by atoms with E-state index in [1.807, 2.05) is 0 Å². The van der Waals surface area contributed by atoms with Crippen LogP contribution in [0.4, 0.5) is 11.5 Å². The highest BCUT2D eigenvalue weighted by atomic mass is 32.2. The highest BCUT2D eigenvalue weighted by Crippen LogP contribution is 2.12. The third-order valence-corrected chi connectivity index (χ3v) is 2.97. The van der Waals surface area contributed by atoms with E-state index in [0.717, 1.165) is 0 Å². The van der Waals surface area contributed by atoms with E-state index >= 15 is 0 Å². The van der Waals surface area contributed by atoms with Gasteiger partial charge in [0.15, 0.2) is 5.75 Å². The van der Waals surface area contributed by atoms with Gasteiger partial charge in [-0.1, -0.05) is 0 Å². The maximum Gasteiger partial charge on any atom is 0.320 e. The lowest BCUT2D eigenvalue weighted by Gasteiger charge is -2.11. The van der Waals surface area contributed by atoms with Gasteiger partial charge in [0.25, 0.3) is 0 Å². The SMILES string of the molecule is CN(C)c1ccc(NS(=O)(=O)CC(=O)O)cn1. The molecule has 1 heterocycles. The normalized spacial score (nSPS) is 10.9. The second-order valence-electron chi connectivity index (χ2n) is 3.55. The van der Waals surface area contributed by atoms with Crippen molar-refractivity contribution in [2.45, 2.75) is 0 Å². The van der Waals surface area contributed by atoms with Crippen LogP contribution in [0, 0.1) is 0 Å². The third kappa shape index (κ3) is 4.27. The highest BCUT2D eigenvalue weighted by molar-refractivity contribution is 7.93. The molecule has 0 amide bonds. The molecule has 0 bridgehead atoms. The number of carboxylic acids is 1. The molecule has 0 unspecified atom stereocenters. The molecular formula is C9H13N3O4S. The number of aliphatic carboxylic acids is 1. The number of sulfonamides is 1. The van der Waals surface area contributed by atoms with Crippen LogP contribution in [0.2, 0.25) is 0 Å².